The molecule has 0 bridgehead atoms. The van der Waals surface area contributed by atoms with E-state index in [9.17, 15) is 18.0 Å². The summed E-state index contributed by atoms with van der Waals surface area (Å²) in [5, 5.41) is 11.3. The molecule has 10 heteroatoms. The fourth-order valence-electron chi connectivity index (χ4n) is 4.95. The summed E-state index contributed by atoms with van der Waals surface area (Å²) in [6.07, 6.45) is 2.12. The van der Waals surface area contributed by atoms with Gasteiger partial charge in [-0.1, -0.05) is 48.9 Å². The Hall–Kier alpha value is -3.89. The smallest absolute Gasteiger partial charge is 0.238 e. The number of ether oxygens (including phenoxy) is 2. The first-order valence-corrected chi connectivity index (χ1v) is 14.2. The van der Waals surface area contributed by atoms with Crippen LogP contribution >= 0.6 is 0 Å². The van der Waals surface area contributed by atoms with Crippen LogP contribution in [-0.4, -0.2) is 34.5 Å². The molecule has 4 N–H and O–H groups in total. The molecular formula is C29H33N3O6S. The number of carbonyl (C=O) groups is 2. The standard InChI is InChI=1S/C29H33N3O6S/c1-37-22-14-20(15-23(16-22)38-2)18-32-29(34)26-8-5-7-25(26)28(33)31-17-19-10-12-21(13-11-19)24-6-3-4-9-27(24)39(30,35)36/h3-4,6,9-16,25-26H,5,7-8,17-18H2,1-2H3,(H,31,33)(H,32,34)(H2,30,35,36)/t25-,26?/m1/s1. The van der Waals surface area contributed by atoms with Crippen molar-refractivity contribution in [3.63, 3.8) is 0 Å². The Morgan fingerprint density at radius 3 is 1.90 bits per heavy atom. The summed E-state index contributed by atoms with van der Waals surface area (Å²) in [5.41, 5.74) is 2.92. The zero-order valence-corrected chi connectivity index (χ0v) is 22.8. The number of methoxy groups -OCH3 is 2. The lowest BCUT2D eigenvalue weighted by Gasteiger charge is -2.19. The molecule has 0 aromatic heterocycles. The molecule has 1 fully saturated rings. The number of nitrogens with one attached hydrogen (secondary N) is 2. The number of nitrogens with two attached hydrogens (primary N) is 1. The summed E-state index contributed by atoms with van der Waals surface area (Å²) in [6.45, 7) is 0.600. The maximum Gasteiger partial charge on any atom is 0.238 e. The van der Waals surface area contributed by atoms with Crippen LogP contribution in [0.5, 0.6) is 11.5 Å². The number of rotatable bonds is 10. The van der Waals surface area contributed by atoms with Crippen LogP contribution in [0.15, 0.2) is 71.6 Å². The molecule has 3 aromatic carbocycles. The molecular weight excluding hydrogens is 518 g/mol. The molecule has 1 saturated carbocycles. The monoisotopic (exact) mass is 551 g/mol. The number of hydrogen-bond acceptors (Lipinski definition) is 6. The third-order valence-corrected chi connectivity index (χ3v) is 7.96. The van der Waals surface area contributed by atoms with Crippen LogP contribution in [0.3, 0.4) is 0 Å². The molecule has 0 spiro atoms. The van der Waals surface area contributed by atoms with Crippen molar-refractivity contribution in [2.75, 3.05) is 14.2 Å². The van der Waals surface area contributed by atoms with Crippen molar-refractivity contribution in [1.82, 2.24) is 10.6 Å². The molecule has 0 saturated heterocycles. The maximum absolute atomic E-state index is 13.0. The van der Waals surface area contributed by atoms with E-state index in [4.69, 9.17) is 14.6 Å². The Balaban J connectivity index is 1.34. The normalized spacial score (nSPS) is 16.9. The molecule has 0 radical (unpaired) electrons. The summed E-state index contributed by atoms with van der Waals surface area (Å²) < 4.78 is 34.4. The molecule has 1 aliphatic carbocycles. The van der Waals surface area contributed by atoms with Gasteiger partial charge < -0.3 is 20.1 Å². The van der Waals surface area contributed by atoms with Crippen molar-refractivity contribution >= 4 is 21.8 Å². The molecule has 3 aromatic rings. The molecule has 1 aliphatic rings. The predicted octanol–water partition coefficient (Wildman–Crippen LogP) is 3.37. The van der Waals surface area contributed by atoms with E-state index in [1.807, 2.05) is 24.3 Å². The lowest BCUT2D eigenvalue weighted by Crippen LogP contribution is -2.39. The average Bonchev–Trinajstić information content (AvgIpc) is 3.44. The van der Waals surface area contributed by atoms with Gasteiger partial charge in [-0.3, -0.25) is 9.59 Å². The highest BCUT2D eigenvalue weighted by Crippen LogP contribution is 2.33. The fourth-order valence-corrected chi connectivity index (χ4v) is 5.71. The van der Waals surface area contributed by atoms with Crippen LogP contribution < -0.4 is 25.2 Å². The molecule has 9 nitrogen and oxygen atoms in total. The van der Waals surface area contributed by atoms with Gasteiger partial charge in [0.05, 0.1) is 19.1 Å². The van der Waals surface area contributed by atoms with E-state index < -0.39 is 21.9 Å². The summed E-state index contributed by atoms with van der Waals surface area (Å²) in [4.78, 5) is 26.1. The molecule has 0 heterocycles. The van der Waals surface area contributed by atoms with Gasteiger partial charge in [-0.15, -0.1) is 0 Å². The molecule has 206 valence electrons. The molecule has 2 amide bonds. The topological polar surface area (TPSA) is 137 Å². The van der Waals surface area contributed by atoms with E-state index in [0.717, 1.165) is 17.5 Å². The summed E-state index contributed by atoms with van der Waals surface area (Å²) in [5.74, 6) is 0.184. The zero-order valence-electron chi connectivity index (χ0n) is 22.0. The number of carbonyl (C=O) groups excluding carboxylic acids is 2. The van der Waals surface area contributed by atoms with Gasteiger partial charge in [0, 0.05) is 36.6 Å². The van der Waals surface area contributed by atoms with E-state index in [1.54, 1.807) is 50.6 Å². The van der Waals surface area contributed by atoms with Crippen LogP contribution in [0.2, 0.25) is 0 Å². The van der Waals surface area contributed by atoms with Crippen molar-refractivity contribution in [1.29, 1.82) is 0 Å². The highest BCUT2D eigenvalue weighted by molar-refractivity contribution is 7.89. The minimum atomic E-state index is -3.86. The van der Waals surface area contributed by atoms with E-state index in [1.165, 1.54) is 6.07 Å². The number of amides is 2. The summed E-state index contributed by atoms with van der Waals surface area (Å²) >= 11 is 0. The predicted molar refractivity (Wildman–Crippen MR) is 147 cm³/mol. The third-order valence-electron chi connectivity index (χ3n) is 6.99. The van der Waals surface area contributed by atoms with Gasteiger partial charge in [0.25, 0.3) is 0 Å². The molecule has 0 aliphatic heterocycles. The zero-order chi connectivity index (χ0) is 28.0. The quantitative estimate of drug-likeness (QED) is 0.353. The number of hydrogen-bond donors (Lipinski definition) is 3. The van der Waals surface area contributed by atoms with Crippen molar-refractivity contribution in [3.05, 3.63) is 77.9 Å². The largest absolute Gasteiger partial charge is 0.497 e. The second-order valence-electron chi connectivity index (χ2n) is 9.54. The average molecular weight is 552 g/mol. The number of benzene rings is 3. The van der Waals surface area contributed by atoms with E-state index in [-0.39, 0.29) is 16.7 Å². The highest BCUT2D eigenvalue weighted by atomic mass is 32.2. The fraction of sp³-hybridized carbons (Fsp3) is 0.310. The first-order valence-electron chi connectivity index (χ1n) is 12.7. The third kappa shape index (κ3) is 6.96. The second-order valence-corrected chi connectivity index (χ2v) is 11.1. The highest BCUT2D eigenvalue weighted by Gasteiger charge is 2.37. The Morgan fingerprint density at radius 1 is 0.821 bits per heavy atom. The van der Waals surface area contributed by atoms with Gasteiger partial charge in [0.15, 0.2) is 0 Å². The lowest BCUT2D eigenvalue weighted by molar-refractivity contribution is -0.133. The first-order chi connectivity index (χ1) is 18.7. The number of primary sulfonamides is 1. The number of sulfonamides is 1. The van der Waals surface area contributed by atoms with Crippen LogP contribution in [-0.2, 0) is 32.7 Å². The van der Waals surface area contributed by atoms with Gasteiger partial charge in [0.1, 0.15) is 11.5 Å². The maximum atomic E-state index is 13.0. The molecule has 1 unspecified atom stereocenters. The Bertz CT molecular complexity index is 1420. The van der Waals surface area contributed by atoms with Crippen molar-refractivity contribution in [2.45, 2.75) is 37.2 Å². The summed E-state index contributed by atoms with van der Waals surface area (Å²) in [7, 11) is -0.722. The van der Waals surface area contributed by atoms with Crippen molar-refractivity contribution in [3.8, 4) is 22.6 Å². The lowest BCUT2D eigenvalue weighted by atomic mass is 9.94. The van der Waals surface area contributed by atoms with Gasteiger partial charge >= 0.3 is 0 Å². The summed E-state index contributed by atoms with van der Waals surface area (Å²) in [6, 6.07) is 19.2. The second kappa shape index (κ2) is 12.3. The van der Waals surface area contributed by atoms with Crippen LogP contribution in [0.4, 0.5) is 0 Å². The van der Waals surface area contributed by atoms with Crippen molar-refractivity contribution in [2.24, 2.45) is 17.0 Å². The molecule has 2 atom stereocenters. The van der Waals surface area contributed by atoms with Crippen LogP contribution in [0.1, 0.15) is 30.4 Å². The van der Waals surface area contributed by atoms with Crippen LogP contribution in [0.25, 0.3) is 11.1 Å². The molecule has 4 rings (SSSR count). The Morgan fingerprint density at radius 2 is 1.36 bits per heavy atom. The van der Waals surface area contributed by atoms with Gasteiger partial charge in [-0.05, 0) is 47.7 Å². The van der Waals surface area contributed by atoms with Crippen LogP contribution in [0, 0.1) is 11.8 Å². The SMILES string of the molecule is COc1cc(CNC(=O)C2CCC[C@H]2C(=O)NCc2ccc(-c3ccccc3S(N)(=O)=O)cc2)cc(OC)c1. The Labute approximate surface area is 228 Å². The minimum absolute atomic E-state index is 0.0575. The van der Waals surface area contributed by atoms with Gasteiger partial charge in [-0.25, -0.2) is 13.6 Å². The van der Waals surface area contributed by atoms with Gasteiger partial charge in [0.2, 0.25) is 21.8 Å². The van der Waals surface area contributed by atoms with Crippen molar-refractivity contribution < 1.29 is 27.5 Å². The van der Waals surface area contributed by atoms with E-state index in [2.05, 4.69) is 10.6 Å². The molecule has 39 heavy (non-hydrogen) atoms. The van der Waals surface area contributed by atoms with E-state index in [0.29, 0.717) is 48.6 Å². The van der Waals surface area contributed by atoms with E-state index >= 15 is 0 Å². The Kier molecular flexibility index (Phi) is 8.88. The minimum Gasteiger partial charge on any atom is -0.497 e. The van der Waals surface area contributed by atoms with Gasteiger partial charge in [-0.2, -0.15) is 0 Å². The first kappa shape index (κ1) is 28.1.